The Balaban J connectivity index is 1.64. The van der Waals surface area contributed by atoms with Gasteiger partial charge in [0.1, 0.15) is 16.7 Å². The lowest BCUT2D eigenvalue weighted by molar-refractivity contribution is -0.117. The smallest absolute Gasteiger partial charge is 0.411 e. The number of methoxy groups -OCH3 is 1. The third-order valence-electron chi connectivity index (χ3n) is 5.42. The third-order valence-corrected chi connectivity index (χ3v) is 5.93. The third kappa shape index (κ3) is 6.78. The number of ether oxygens (including phenoxy) is 1. The molecule has 1 aliphatic heterocycles. The number of anilines is 2. The predicted molar refractivity (Wildman–Crippen MR) is 143 cm³/mol. The average Bonchev–Trinajstić information content (AvgIpc) is 3.25. The first-order valence-corrected chi connectivity index (χ1v) is 12.0. The van der Waals surface area contributed by atoms with Crippen LogP contribution in [0, 0.1) is 0 Å². The molecule has 37 heavy (non-hydrogen) atoms. The van der Waals surface area contributed by atoms with Gasteiger partial charge < -0.3 is 20.4 Å². The van der Waals surface area contributed by atoms with Crippen molar-refractivity contribution >= 4 is 58.6 Å². The number of nitrogens with one attached hydrogen (secondary N) is 4. The van der Waals surface area contributed by atoms with Crippen molar-refractivity contribution in [2.75, 3.05) is 17.7 Å². The van der Waals surface area contributed by atoms with Crippen LogP contribution in [0.2, 0.25) is 10.2 Å². The molecule has 4 N–H and O–H groups in total. The lowest BCUT2D eigenvalue weighted by atomic mass is 10.1. The maximum Gasteiger partial charge on any atom is 0.411 e. The van der Waals surface area contributed by atoms with Crippen molar-refractivity contribution in [2.24, 2.45) is 0 Å². The van der Waals surface area contributed by atoms with Crippen LogP contribution in [0.25, 0.3) is 17.3 Å². The number of rotatable bonds is 4. The van der Waals surface area contributed by atoms with Gasteiger partial charge in [-0.25, -0.2) is 9.78 Å². The summed E-state index contributed by atoms with van der Waals surface area (Å²) in [6, 6.07) is 11.5. The zero-order valence-electron chi connectivity index (χ0n) is 19.7. The van der Waals surface area contributed by atoms with Gasteiger partial charge in [0.25, 0.3) is 0 Å². The van der Waals surface area contributed by atoms with Crippen LogP contribution in [0.15, 0.2) is 60.7 Å². The SMILES string of the molecule is COC(=O)Nc1ccc2c(c1)NC(=O)C/C=C/C[C@H](NC(=O)/C=C/c1cccc(Cl)c1)c1nc-2c(Cl)[nH]1. The number of carbonyl (C=O) groups excluding carboxylic acids is 3. The highest BCUT2D eigenvalue weighted by atomic mass is 35.5. The molecule has 3 amide bonds. The van der Waals surface area contributed by atoms with Crippen LogP contribution in [0.5, 0.6) is 0 Å². The zero-order valence-corrected chi connectivity index (χ0v) is 21.2. The maximum absolute atomic E-state index is 12.7. The number of aromatic amines is 1. The minimum absolute atomic E-state index is 0.107. The summed E-state index contributed by atoms with van der Waals surface area (Å²) in [4.78, 5) is 44.6. The van der Waals surface area contributed by atoms with E-state index in [1.54, 1.807) is 54.6 Å². The molecule has 0 saturated carbocycles. The van der Waals surface area contributed by atoms with E-state index in [0.717, 1.165) is 5.56 Å². The molecule has 9 nitrogen and oxygen atoms in total. The molecule has 0 fully saturated rings. The van der Waals surface area contributed by atoms with E-state index in [0.29, 0.717) is 39.9 Å². The molecule has 3 aromatic rings. The Labute approximate surface area is 222 Å². The molecule has 190 valence electrons. The lowest BCUT2D eigenvalue weighted by Crippen LogP contribution is -2.27. The second kappa shape index (κ2) is 11.8. The molecule has 1 atom stereocenters. The van der Waals surface area contributed by atoms with E-state index in [1.807, 2.05) is 6.07 Å². The summed E-state index contributed by atoms with van der Waals surface area (Å²) in [6.07, 6.45) is 6.41. The van der Waals surface area contributed by atoms with Crippen LogP contribution >= 0.6 is 23.2 Å². The molecule has 1 aromatic heterocycles. The summed E-state index contributed by atoms with van der Waals surface area (Å²) >= 11 is 12.5. The normalized spacial score (nSPS) is 16.1. The van der Waals surface area contributed by atoms with Gasteiger partial charge in [-0.2, -0.15) is 0 Å². The van der Waals surface area contributed by atoms with Crippen molar-refractivity contribution in [3.05, 3.63) is 82.3 Å². The molecule has 2 bridgehead atoms. The minimum Gasteiger partial charge on any atom is -0.453 e. The van der Waals surface area contributed by atoms with Gasteiger partial charge in [0.2, 0.25) is 11.8 Å². The van der Waals surface area contributed by atoms with Crippen LogP contribution in [0.1, 0.15) is 30.3 Å². The molecule has 0 saturated heterocycles. The van der Waals surface area contributed by atoms with E-state index < -0.39 is 12.1 Å². The number of hydrogen-bond donors (Lipinski definition) is 4. The molecular weight excluding hydrogens is 517 g/mol. The summed E-state index contributed by atoms with van der Waals surface area (Å²) in [5.74, 6) is -0.162. The molecule has 2 aromatic carbocycles. The van der Waals surface area contributed by atoms with E-state index in [4.69, 9.17) is 23.2 Å². The molecule has 0 spiro atoms. The number of hydrogen-bond acceptors (Lipinski definition) is 5. The van der Waals surface area contributed by atoms with E-state index in [2.05, 4.69) is 30.7 Å². The topological polar surface area (TPSA) is 125 Å². The van der Waals surface area contributed by atoms with Crippen molar-refractivity contribution < 1.29 is 19.1 Å². The lowest BCUT2D eigenvalue weighted by Gasteiger charge is -2.15. The van der Waals surface area contributed by atoms with Gasteiger partial charge in [-0.15, -0.1) is 0 Å². The average molecular weight is 540 g/mol. The number of carbonyl (C=O) groups is 3. The maximum atomic E-state index is 12.7. The number of imidazole rings is 1. The first kappa shape index (κ1) is 26.0. The number of amides is 3. The second-order valence-corrected chi connectivity index (χ2v) is 8.88. The quantitative estimate of drug-likeness (QED) is 0.249. The fraction of sp³-hybridized carbons (Fsp3) is 0.154. The Morgan fingerprint density at radius 3 is 2.78 bits per heavy atom. The van der Waals surface area contributed by atoms with E-state index in [-0.39, 0.29) is 23.4 Å². The predicted octanol–water partition coefficient (Wildman–Crippen LogP) is 5.72. The van der Waals surface area contributed by atoms with Gasteiger partial charge in [-0.3, -0.25) is 14.9 Å². The molecule has 1 aliphatic rings. The van der Waals surface area contributed by atoms with Crippen molar-refractivity contribution in [1.82, 2.24) is 15.3 Å². The number of nitrogens with zero attached hydrogens (tertiary/aromatic N) is 1. The molecular formula is C26H23Cl2N5O4. The highest BCUT2D eigenvalue weighted by molar-refractivity contribution is 6.32. The Hall–Kier alpha value is -4.08. The standard InChI is InChI=1S/C26H23Cl2N5O4/c1-37-26(36)29-17-10-11-18-20(14-17)31-21(34)8-3-2-7-19(25-32-23(18)24(28)33-25)30-22(35)12-9-15-5-4-6-16(27)13-15/h2-6,9-14,19H,7-8H2,1H3,(H,29,36)(H,30,35)(H,31,34)(H,32,33)/b3-2+,12-9+/t19-/m0/s1. The molecule has 0 radical (unpaired) electrons. The van der Waals surface area contributed by atoms with Crippen molar-refractivity contribution in [1.29, 1.82) is 0 Å². The first-order valence-electron chi connectivity index (χ1n) is 11.3. The Morgan fingerprint density at radius 1 is 1.16 bits per heavy atom. The van der Waals surface area contributed by atoms with E-state index in [9.17, 15) is 14.4 Å². The van der Waals surface area contributed by atoms with Crippen molar-refractivity contribution in [3.63, 3.8) is 0 Å². The Morgan fingerprint density at radius 2 is 2.00 bits per heavy atom. The summed E-state index contributed by atoms with van der Waals surface area (Å²) in [5, 5.41) is 9.13. The van der Waals surface area contributed by atoms with Crippen molar-refractivity contribution in [2.45, 2.75) is 18.9 Å². The summed E-state index contributed by atoms with van der Waals surface area (Å²) in [5.41, 5.74) is 2.52. The van der Waals surface area contributed by atoms with Crippen LogP contribution in [0.4, 0.5) is 16.2 Å². The number of halogens is 2. The summed E-state index contributed by atoms with van der Waals surface area (Å²) < 4.78 is 4.63. The highest BCUT2D eigenvalue weighted by Crippen LogP contribution is 2.35. The minimum atomic E-state index is -0.648. The summed E-state index contributed by atoms with van der Waals surface area (Å²) in [6.45, 7) is 0. The number of aromatic nitrogens is 2. The number of benzene rings is 2. The molecule has 2 heterocycles. The van der Waals surface area contributed by atoms with Gasteiger partial charge in [0.15, 0.2) is 0 Å². The van der Waals surface area contributed by atoms with Gasteiger partial charge >= 0.3 is 6.09 Å². The van der Waals surface area contributed by atoms with Crippen LogP contribution in [0.3, 0.4) is 0 Å². The molecule has 4 rings (SSSR count). The van der Waals surface area contributed by atoms with E-state index >= 15 is 0 Å². The van der Waals surface area contributed by atoms with Gasteiger partial charge in [0.05, 0.1) is 18.8 Å². The number of H-pyrrole nitrogens is 1. The zero-order chi connectivity index (χ0) is 26.4. The van der Waals surface area contributed by atoms with Crippen molar-refractivity contribution in [3.8, 4) is 11.3 Å². The van der Waals surface area contributed by atoms with Crippen LogP contribution in [-0.4, -0.2) is 35.0 Å². The fourth-order valence-corrected chi connectivity index (χ4v) is 4.12. The Bertz CT molecular complexity index is 1400. The second-order valence-electron chi connectivity index (χ2n) is 8.07. The fourth-order valence-electron chi connectivity index (χ4n) is 3.68. The molecule has 11 heteroatoms. The van der Waals surface area contributed by atoms with Gasteiger partial charge in [-0.1, -0.05) is 47.5 Å². The van der Waals surface area contributed by atoms with Gasteiger partial charge in [-0.05, 0) is 48.4 Å². The monoisotopic (exact) mass is 539 g/mol. The Kier molecular flexibility index (Phi) is 8.27. The number of fused-ring (bicyclic) bond motifs is 4. The molecule has 0 aliphatic carbocycles. The summed E-state index contributed by atoms with van der Waals surface area (Å²) in [7, 11) is 1.25. The highest BCUT2D eigenvalue weighted by Gasteiger charge is 2.22. The molecule has 0 unspecified atom stereocenters. The largest absolute Gasteiger partial charge is 0.453 e. The first-order chi connectivity index (χ1) is 17.8. The van der Waals surface area contributed by atoms with Crippen LogP contribution < -0.4 is 16.0 Å². The van der Waals surface area contributed by atoms with Crippen LogP contribution in [-0.2, 0) is 14.3 Å². The van der Waals surface area contributed by atoms with E-state index in [1.165, 1.54) is 13.2 Å². The van der Waals surface area contributed by atoms with Gasteiger partial charge in [0, 0.05) is 28.8 Å².